The molecule has 1 saturated heterocycles. The first-order valence-electron chi connectivity index (χ1n) is 7.31. The Bertz CT molecular complexity index is 545. The van der Waals surface area contributed by atoms with Gasteiger partial charge in [0, 0.05) is 6.04 Å². The molecule has 1 aromatic carbocycles. The summed E-state index contributed by atoms with van der Waals surface area (Å²) in [5.41, 5.74) is 1.00. The lowest BCUT2D eigenvalue weighted by Gasteiger charge is -2.30. The predicted octanol–water partition coefficient (Wildman–Crippen LogP) is 2.18. The summed E-state index contributed by atoms with van der Waals surface area (Å²) in [5, 5.41) is 2.74. The molecule has 1 N–H and O–H groups in total. The first-order chi connectivity index (χ1) is 10.4. The molecule has 1 heterocycles. The van der Waals surface area contributed by atoms with Gasteiger partial charge in [0.1, 0.15) is 17.2 Å². The molecule has 1 fully saturated rings. The fraction of sp³-hybridized carbons (Fsp3) is 0.500. The summed E-state index contributed by atoms with van der Waals surface area (Å²) < 4.78 is 5.16. The molecule has 2 atom stereocenters. The second-order valence-corrected chi connectivity index (χ2v) is 6.65. The Morgan fingerprint density at radius 1 is 1.32 bits per heavy atom. The van der Waals surface area contributed by atoms with Crippen LogP contribution in [-0.2, 0) is 9.59 Å². The first kappa shape index (κ1) is 16.7. The Morgan fingerprint density at radius 2 is 1.95 bits per heavy atom. The average Bonchev–Trinajstić information content (AvgIpc) is 2.87. The number of nitrogens with one attached hydrogen (secondary N) is 1. The van der Waals surface area contributed by atoms with Crippen molar-refractivity contribution in [2.45, 2.75) is 38.2 Å². The van der Waals surface area contributed by atoms with E-state index >= 15 is 0 Å². The minimum absolute atomic E-state index is 0.00257. The van der Waals surface area contributed by atoms with Crippen LogP contribution in [-0.4, -0.2) is 41.7 Å². The highest BCUT2D eigenvalue weighted by molar-refractivity contribution is 8.00. The van der Waals surface area contributed by atoms with Gasteiger partial charge in [0.15, 0.2) is 0 Å². The van der Waals surface area contributed by atoms with Gasteiger partial charge >= 0.3 is 0 Å². The number of amides is 2. The molecule has 6 heteroatoms. The Hall–Kier alpha value is -1.69. The maximum atomic E-state index is 12.2. The van der Waals surface area contributed by atoms with Gasteiger partial charge in [0.05, 0.1) is 12.9 Å². The Labute approximate surface area is 135 Å². The van der Waals surface area contributed by atoms with Gasteiger partial charge in [-0.15, -0.1) is 11.8 Å². The zero-order valence-electron chi connectivity index (χ0n) is 13.3. The molecule has 22 heavy (non-hydrogen) atoms. The number of carbonyl (C=O) groups excluding carboxylic acids is 2. The number of benzene rings is 1. The molecule has 2 rings (SSSR count). The lowest BCUT2D eigenvalue weighted by Crippen LogP contribution is -2.48. The number of thioether (sulfide) groups is 1. The van der Waals surface area contributed by atoms with Crippen LogP contribution in [0.4, 0.5) is 0 Å². The largest absolute Gasteiger partial charge is 0.497 e. The van der Waals surface area contributed by atoms with Crippen molar-refractivity contribution in [3.63, 3.8) is 0 Å². The van der Waals surface area contributed by atoms with Crippen LogP contribution in [0.25, 0.3) is 0 Å². The van der Waals surface area contributed by atoms with E-state index in [1.165, 1.54) is 0 Å². The zero-order chi connectivity index (χ0) is 16.3. The zero-order valence-corrected chi connectivity index (χ0v) is 14.1. The van der Waals surface area contributed by atoms with E-state index in [9.17, 15) is 9.59 Å². The van der Waals surface area contributed by atoms with E-state index in [2.05, 4.69) is 5.32 Å². The highest BCUT2D eigenvalue weighted by atomic mass is 32.2. The van der Waals surface area contributed by atoms with Crippen LogP contribution < -0.4 is 10.1 Å². The molecule has 1 aliphatic rings. The van der Waals surface area contributed by atoms with E-state index < -0.39 is 6.04 Å². The van der Waals surface area contributed by atoms with E-state index in [0.717, 1.165) is 11.3 Å². The summed E-state index contributed by atoms with van der Waals surface area (Å²) in [5.74, 6) is 1.05. The highest BCUT2D eigenvalue weighted by Gasteiger charge is 2.38. The average molecular weight is 322 g/mol. The van der Waals surface area contributed by atoms with Crippen molar-refractivity contribution >= 4 is 23.6 Å². The monoisotopic (exact) mass is 322 g/mol. The number of hydrogen-bond acceptors (Lipinski definition) is 4. The summed E-state index contributed by atoms with van der Waals surface area (Å²) >= 11 is 1.55. The molecule has 1 aliphatic heterocycles. The van der Waals surface area contributed by atoms with Crippen molar-refractivity contribution in [3.05, 3.63) is 29.8 Å². The molecule has 0 aromatic heterocycles. The minimum atomic E-state index is -0.489. The van der Waals surface area contributed by atoms with Crippen LogP contribution in [0.2, 0.25) is 0 Å². The van der Waals surface area contributed by atoms with Crippen LogP contribution in [0.3, 0.4) is 0 Å². The Morgan fingerprint density at radius 3 is 2.50 bits per heavy atom. The standard InChI is InChI=1S/C16H22N2O3S/c1-10(2)17-15(20)11(3)18-14(19)9-22-16(18)12-5-7-13(21-4)8-6-12/h5-8,10-11,16H,9H2,1-4H3,(H,17,20)/t11-,16-/m0/s1. The molecule has 0 spiro atoms. The molecule has 1 aromatic rings. The summed E-state index contributed by atoms with van der Waals surface area (Å²) in [4.78, 5) is 26.1. The van der Waals surface area contributed by atoms with Crippen LogP contribution in [0.5, 0.6) is 5.75 Å². The van der Waals surface area contributed by atoms with Crippen molar-refractivity contribution in [1.29, 1.82) is 0 Å². The van der Waals surface area contributed by atoms with Crippen LogP contribution in [0.1, 0.15) is 31.7 Å². The Kier molecular flexibility index (Phi) is 5.34. The van der Waals surface area contributed by atoms with Crippen molar-refractivity contribution in [1.82, 2.24) is 10.2 Å². The molecule has 5 nitrogen and oxygen atoms in total. The predicted molar refractivity (Wildman–Crippen MR) is 87.8 cm³/mol. The van der Waals surface area contributed by atoms with E-state index in [-0.39, 0.29) is 23.2 Å². The normalized spacial score (nSPS) is 19.4. The molecule has 2 amide bonds. The maximum absolute atomic E-state index is 12.2. The van der Waals surface area contributed by atoms with Crippen molar-refractivity contribution < 1.29 is 14.3 Å². The molecule has 0 bridgehead atoms. The molecular weight excluding hydrogens is 300 g/mol. The quantitative estimate of drug-likeness (QED) is 0.903. The van der Waals surface area contributed by atoms with Gasteiger partial charge in [-0.05, 0) is 38.5 Å². The maximum Gasteiger partial charge on any atom is 0.242 e. The molecule has 0 saturated carbocycles. The van der Waals surface area contributed by atoms with Crippen molar-refractivity contribution in [2.75, 3.05) is 12.9 Å². The number of methoxy groups -OCH3 is 1. The fourth-order valence-corrected chi connectivity index (χ4v) is 3.67. The number of carbonyl (C=O) groups is 2. The minimum Gasteiger partial charge on any atom is -0.497 e. The van der Waals surface area contributed by atoms with Crippen molar-refractivity contribution in [3.8, 4) is 5.75 Å². The third-order valence-electron chi connectivity index (χ3n) is 3.53. The van der Waals surface area contributed by atoms with Gasteiger partial charge in [-0.3, -0.25) is 9.59 Å². The Balaban J connectivity index is 2.19. The second kappa shape index (κ2) is 7.05. The lowest BCUT2D eigenvalue weighted by atomic mass is 10.1. The smallest absolute Gasteiger partial charge is 0.242 e. The lowest BCUT2D eigenvalue weighted by molar-refractivity contribution is -0.138. The first-order valence-corrected chi connectivity index (χ1v) is 8.36. The number of nitrogens with zero attached hydrogens (tertiary/aromatic N) is 1. The summed E-state index contributed by atoms with van der Waals surface area (Å²) in [6, 6.07) is 7.19. The van der Waals surface area contributed by atoms with E-state index in [1.807, 2.05) is 38.1 Å². The molecule has 0 radical (unpaired) electrons. The molecule has 0 unspecified atom stereocenters. The molecule has 0 aliphatic carbocycles. The van der Waals surface area contributed by atoms with E-state index in [0.29, 0.717) is 5.75 Å². The van der Waals surface area contributed by atoms with E-state index in [1.54, 1.807) is 30.7 Å². The third kappa shape index (κ3) is 3.55. The van der Waals surface area contributed by atoms with Gasteiger partial charge in [0.25, 0.3) is 0 Å². The van der Waals surface area contributed by atoms with Crippen LogP contribution >= 0.6 is 11.8 Å². The second-order valence-electron chi connectivity index (χ2n) is 5.58. The fourth-order valence-electron chi connectivity index (χ4n) is 2.41. The number of hydrogen-bond donors (Lipinski definition) is 1. The summed E-state index contributed by atoms with van der Waals surface area (Å²) in [6.07, 6.45) is 0. The summed E-state index contributed by atoms with van der Waals surface area (Å²) in [7, 11) is 1.62. The van der Waals surface area contributed by atoms with Gasteiger partial charge < -0.3 is 15.0 Å². The van der Waals surface area contributed by atoms with E-state index in [4.69, 9.17) is 4.74 Å². The SMILES string of the molecule is COc1ccc([C@@H]2SCC(=O)N2[C@@H](C)C(=O)NC(C)C)cc1. The third-order valence-corrected chi connectivity index (χ3v) is 4.76. The molecular formula is C16H22N2O3S. The summed E-state index contributed by atoms with van der Waals surface area (Å²) in [6.45, 7) is 5.59. The topological polar surface area (TPSA) is 58.6 Å². The van der Waals surface area contributed by atoms with Crippen LogP contribution in [0, 0.1) is 0 Å². The van der Waals surface area contributed by atoms with Gasteiger partial charge in [-0.1, -0.05) is 12.1 Å². The molecule has 120 valence electrons. The van der Waals surface area contributed by atoms with Crippen molar-refractivity contribution in [2.24, 2.45) is 0 Å². The van der Waals surface area contributed by atoms with Gasteiger partial charge in [-0.25, -0.2) is 0 Å². The number of rotatable bonds is 5. The number of ether oxygens (including phenoxy) is 1. The highest BCUT2D eigenvalue weighted by Crippen LogP contribution is 2.40. The van der Waals surface area contributed by atoms with Gasteiger partial charge in [0.2, 0.25) is 11.8 Å². The van der Waals surface area contributed by atoms with Crippen LogP contribution in [0.15, 0.2) is 24.3 Å². The van der Waals surface area contributed by atoms with Gasteiger partial charge in [-0.2, -0.15) is 0 Å².